The minimum Gasteiger partial charge on any atom is -0.387 e. The zero-order chi connectivity index (χ0) is 15.5. The number of hydrogen-bond donors (Lipinski definition) is 2. The smallest absolute Gasteiger partial charge is 0.253 e. The average Bonchev–Trinajstić information content (AvgIpc) is 2.59. The van der Waals surface area contributed by atoms with E-state index in [-0.39, 0.29) is 5.91 Å². The molecule has 0 saturated carbocycles. The first kappa shape index (κ1) is 14.9. The lowest BCUT2D eigenvalue weighted by molar-refractivity contribution is 0.0227. The van der Waals surface area contributed by atoms with E-state index >= 15 is 0 Å². The van der Waals surface area contributed by atoms with Gasteiger partial charge in [-0.1, -0.05) is 12.1 Å². The monoisotopic (exact) mass is 297 g/mol. The zero-order valence-electron chi connectivity index (χ0n) is 13.0. The number of para-hydroxylation sites is 1. The van der Waals surface area contributed by atoms with Crippen molar-refractivity contribution in [1.29, 1.82) is 0 Å². The van der Waals surface area contributed by atoms with Crippen LogP contribution >= 0.6 is 0 Å². The van der Waals surface area contributed by atoms with E-state index in [4.69, 9.17) is 6.42 Å². The first-order valence-electron chi connectivity index (χ1n) is 7.98. The van der Waals surface area contributed by atoms with Crippen molar-refractivity contribution in [2.75, 3.05) is 32.0 Å². The maximum atomic E-state index is 12.4. The molecule has 1 aromatic carbocycles. The van der Waals surface area contributed by atoms with Gasteiger partial charge in [-0.3, -0.25) is 9.69 Å². The second-order valence-corrected chi connectivity index (χ2v) is 6.21. The van der Waals surface area contributed by atoms with Crippen molar-refractivity contribution in [3.05, 3.63) is 29.8 Å². The molecule has 3 aliphatic heterocycles. The molecule has 3 fully saturated rings. The Morgan fingerprint density at radius 1 is 1.45 bits per heavy atom. The molecule has 0 spiro atoms. The molecule has 22 heavy (non-hydrogen) atoms. The molecular weight excluding hydrogens is 274 g/mol. The molecule has 1 aromatic rings. The highest BCUT2D eigenvalue weighted by molar-refractivity contribution is 5.99. The van der Waals surface area contributed by atoms with Crippen LogP contribution in [0.4, 0.5) is 5.69 Å². The Labute approximate surface area is 132 Å². The molecule has 2 N–H and O–H groups in total. The number of rotatable bonds is 4. The first-order valence-corrected chi connectivity index (χ1v) is 7.98. The Balaban J connectivity index is 1.59. The highest BCUT2D eigenvalue weighted by Gasteiger charge is 2.39. The molecule has 2 bridgehead atoms. The second kappa shape index (κ2) is 6.41. The van der Waals surface area contributed by atoms with Gasteiger partial charge >= 0.3 is 0 Å². The molecule has 3 saturated heterocycles. The lowest BCUT2D eigenvalue weighted by Crippen LogP contribution is -2.56. The molecule has 3 aliphatic rings. The van der Waals surface area contributed by atoms with E-state index in [2.05, 4.69) is 21.5 Å². The van der Waals surface area contributed by atoms with Gasteiger partial charge < -0.3 is 10.6 Å². The molecule has 1 unspecified atom stereocenters. The number of terminal acetylenes is 1. The molecule has 4 nitrogen and oxygen atoms in total. The van der Waals surface area contributed by atoms with Crippen LogP contribution < -0.4 is 10.6 Å². The molecule has 0 radical (unpaired) electrons. The number of nitrogens with zero attached hydrogens (tertiary/aromatic N) is 1. The Bertz CT molecular complexity index is 592. The van der Waals surface area contributed by atoms with Crippen LogP contribution in [0.5, 0.6) is 0 Å². The van der Waals surface area contributed by atoms with E-state index in [9.17, 15) is 4.79 Å². The van der Waals surface area contributed by atoms with E-state index in [1.54, 1.807) is 0 Å². The van der Waals surface area contributed by atoms with Crippen LogP contribution in [0.1, 0.15) is 23.2 Å². The zero-order valence-corrected chi connectivity index (χ0v) is 13.0. The van der Waals surface area contributed by atoms with Gasteiger partial charge in [-0.25, -0.2) is 0 Å². The van der Waals surface area contributed by atoms with E-state index in [1.807, 2.05) is 31.3 Å². The molecule has 116 valence electrons. The van der Waals surface area contributed by atoms with E-state index in [0.29, 0.717) is 30.0 Å². The summed E-state index contributed by atoms with van der Waals surface area (Å²) < 4.78 is 0. The van der Waals surface area contributed by atoms with Gasteiger partial charge in [-0.2, -0.15) is 0 Å². The fourth-order valence-corrected chi connectivity index (χ4v) is 3.74. The summed E-state index contributed by atoms with van der Waals surface area (Å²) in [6.45, 7) is 2.79. The summed E-state index contributed by atoms with van der Waals surface area (Å²) in [6.07, 6.45) is 7.91. The molecule has 0 aliphatic carbocycles. The number of fused-ring (bicyclic) bond motifs is 3. The third-order valence-corrected chi connectivity index (χ3v) is 5.03. The quantitative estimate of drug-likeness (QED) is 0.833. The van der Waals surface area contributed by atoms with Crippen molar-refractivity contribution in [3.8, 4) is 12.3 Å². The number of hydrogen-bond acceptors (Lipinski definition) is 3. The minimum absolute atomic E-state index is 0.0129. The molecule has 4 heteroatoms. The van der Waals surface area contributed by atoms with Crippen LogP contribution in [0, 0.1) is 24.2 Å². The first-order chi connectivity index (χ1) is 10.7. The summed E-state index contributed by atoms with van der Waals surface area (Å²) in [5.41, 5.74) is 1.56. The molecular formula is C18H23N3O. The molecule has 3 heterocycles. The van der Waals surface area contributed by atoms with Crippen LogP contribution in [0.3, 0.4) is 0 Å². The van der Waals surface area contributed by atoms with Gasteiger partial charge in [0.25, 0.3) is 5.91 Å². The third-order valence-electron chi connectivity index (χ3n) is 5.03. The number of nitrogens with one attached hydrogen (secondary N) is 2. The van der Waals surface area contributed by atoms with Crippen molar-refractivity contribution in [3.63, 3.8) is 0 Å². The third kappa shape index (κ3) is 2.82. The van der Waals surface area contributed by atoms with Gasteiger partial charge in [-0.05, 0) is 37.4 Å². The summed E-state index contributed by atoms with van der Waals surface area (Å²) >= 11 is 0. The predicted molar refractivity (Wildman–Crippen MR) is 88.7 cm³/mol. The highest BCUT2D eigenvalue weighted by atomic mass is 16.1. The van der Waals surface area contributed by atoms with Crippen molar-refractivity contribution in [2.45, 2.75) is 18.9 Å². The summed E-state index contributed by atoms with van der Waals surface area (Å²) in [7, 11) is 1.83. The number of carbonyl (C=O) groups excluding carboxylic acids is 1. The summed E-state index contributed by atoms with van der Waals surface area (Å²) in [5, 5.41) is 6.15. The van der Waals surface area contributed by atoms with Gasteiger partial charge in [0.15, 0.2) is 0 Å². The maximum absolute atomic E-state index is 12.4. The van der Waals surface area contributed by atoms with Crippen LogP contribution in [0.25, 0.3) is 0 Å². The summed E-state index contributed by atoms with van der Waals surface area (Å²) in [4.78, 5) is 14.8. The van der Waals surface area contributed by atoms with E-state index in [1.165, 1.54) is 6.42 Å². The Morgan fingerprint density at radius 2 is 2.27 bits per heavy atom. The topological polar surface area (TPSA) is 44.4 Å². The molecule has 4 rings (SSSR count). The molecule has 4 atom stereocenters. The maximum Gasteiger partial charge on any atom is 0.253 e. The molecule has 0 aromatic heterocycles. The van der Waals surface area contributed by atoms with Crippen LogP contribution in [-0.2, 0) is 0 Å². The SMILES string of the molecule is C#C[C@H]1CN2CC[C@H]1C[C@H]2CNC(=O)c1ccccc1NC. The van der Waals surface area contributed by atoms with Gasteiger partial charge in [0.1, 0.15) is 0 Å². The van der Waals surface area contributed by atoms with E-state index < -0.39 is 0 Å². The standard InChI is InChI=1S/C18H23N3O/c1-3-13-12-21-9-8-14(13)10-15(21)11-20-18(22)16-6-4-5-7-17(16)19-2/h1,4-7,13-15,19H,8-12H2,2H3,(H,20,22)/t13-,14-,15-/m0/s1. The van der Waals surface area contributed by atoms with Gasteiger partial charge in [-0.15, -0.1) is 12.3 Å². The molecule has 1 amide bonds. The Kier molecular flexibility index (Phi) is 4.35. The number of amides is 1. The van der Waals surface area contributed by atoms with Crippen LogP contribution in [-0.4, -0.2) is 43.5 Å². The average molecular weight is 297 g/mol. The van der Waals surface area contributed by atoms with Crippen molar-refractivity contribution in [1.82, 2.24) is 10.2 Å². The Hall–Kier alpha value is -1.99. The lowest BCUT2D eigenvalue weighted by Gasteiger charge is -2.48. The van der Waals surface area contributed by atoms with Crippen molar-refractivity contribution >= 4 is 11.6 Å². The lowest BCUT2D eigenvalue weighted by atomic mass is 9.76. The fraction of sp³-hybridized carbons (Fsp3) is 0.500. The highest BCUT2D eigenvalue weighted by Crippen LogP contribution is 2.35. The van der Waals surface area contributed by atoms with Gasteiger partial charge in [0.2, 0.25) is 0 Å². The van der Waals surface area contributed by atoms with Crippen LogP contribution in [0.15, 0.2) is 24.3 Å². The van der Waals surface area contributed by atoms with Crippen molar-refractivity contribution in [2.24, 2.45) is 11.8 Å². The Morgan fingerprint density at radius 3 is 2.95 bits per heavy atom. The number of anilines is 1. The number of carbonyl (C=O) groups is 1. The normalized spacial score (nSPS) is 29.6. The fourth-order valence-electron chi connectivity index (χ4n) is 3.74. The van der Waals surface area contributed by atoms with Crippen LogP contribution in [0.2, 0.25) is 0 Å². The second-order valence-electron chi connectivity index (χ2n) is 6.21. The largest absolute Gasteiger partial charge is 0.387 e. The minimum atomic E-state index is -0.0129. The number of piperidine rings is 3. The van der Waals surface area contributed by atoms with Crippen molar-refractivity contribution < 1.29 is 4.79 Å². The van der Waals surface area contributed by atoms with E-state index in [0.717, 1.165) is 25.2 Å². The summed E-state index contributed by atoms with van der Waals surface area (Å²) in [6, 6.07) is 8.00. The number of benzene rings is 1. The van der Waals surface area contributed by atoms with Gasteiger partial charge in [0, 0.05) is 37.8 Å². The van der Waals surface area contributed by atoms with Gasteiger partial charge in [0.05, 0.1) is 5.56 Å². The predicted octanol–water partition coefficient (Wildman–Crippen LogP) is 1.80. The summed E-state index contributed by atoms with van der Waals surface area (Å²) in [5.74, 6) is 3.93.